The SMILES string of the molecule is CCN(CC)c1ccn2c(C)c(CO)c(=Nc3cccc(Cl)c3)nc2c1. The van der Waals surface area contributed by atoms with E-state index in [2.05, 4.69) is 35.9 Å². The highest BCUT2D eigenvalue weighted by Gasteiger charge is 2.10. The van der Waals surface area contributed by atoms with Crippen molar-refractivity contribution in [2.45, 2.75) is 27.4 Å². The first-order valence-electron chi connectivity index (χ1n) is 8.75. The van der Waals surface area contributed by atoms with Crippen molar-refractivity contribution < 1.29 is 5.11 Å². The molecule has 136 valence electrons. The number of anilines is 1. The molecule has 0 aliphatic carbocycles. The van der Waals surface area contributed by atoms with Crippen LogP contribution in [0.3, 0.4) is 0 Å². The summed E-state index contributed by atoms with van der Waals surface area (Å²) >= 11 is 6.06. The molecule has 2 aromatic heterocycles. The number of hydrogen-bond acceptors (Lipinski definition) is 4. The zero-order valence-corrected chi connectivity index (χ0v) is 16.0. The Labute approximate surface area is 158 Å². The second kappa shape index (κ2) is 7.89. The van der Waals surface area contributed by atoms with E-state index in [0.29, 0.717) is 21.8 Å². The van der Waals surface area contributed by atoms with Gasteiger partial charge in [0.1, 0.15) is 5.65 Å². The van der Waals surface area contributed by atoms with Crippen molar-refractivity contribution >= 4 is 28.6 Å². The summed E-state index contributed by atoms with van der Waals surface area (Å²) < 4.78 is 1.98. The van der Waals surface area contributed by atoms with Crippen LogP contribution in [0.5, 0.6) is 0 Å². The lowest BCUT2D eigenvalue weighted by Crippen LogP contribution is -2.23. The molecule has 0 atom stereocenters. The van der Waals surface area contributed by atoms with E-state index in [9.17, 15) is 5.11 Å². The van der Waals surface area contributed by atoms with Crippen LogP contribution in [0.2, 0.25) is 5.02 Å². The van der Waals surface area contributed by atoms with Gasteiger partial charge < -0.3 is 14.4 Å². The number of aryl methyl sites for hydroxylation is 1. The van der Waals surface area contributed by atoms with Crippen molar-refractivity contribution in [1.82, 2.24) is 9.38 Å². The van der Waals surface area contributed by atoms with Crippen LogP contribution >= 0.6 is 11.6 Å². The molecule has 5 nitrogen and oxygen atoms in total. The number of pyridine rings is 1. The van der Waals surface area contributed by atoms with Crippen LogP contribution in [0.25, 0.3) is 5.65 Å². The number of benzene rings is 1. The smallest absolute Gasteiger partial charge is 0.162 e. The lowest BCUT2D eigenvalue weighted by Gasteiger charge is -2.22. The molecule has 0 aliphatic rings. The Bertz CT molecular complexity index is 993. The monoisotopic (exact) mass is 370 g/mol. The van der Waals surface area contributed by atoms with Crippen molar-refractivity contribution in [3.8, 4) is 0 Å². The average molecular weight is 371 g/mol. The molecule has 0 unspecified atom stereocenters. The predicted molar refractivity (Wildman–Crippen MR) is 106 cm³/mol. The number of halogens is 1. The molecule has 1 aromatic carbocycles. The molecule has 0 radical (unpaired) electrons. The lowest BCUT2D eigenvalue weighted by atomic mass is 10.2. The standard InChI is InChI=1S/C20H23ClN4O/c1-4-24(5-2)17-9-10-25-14(3)18(13-26)20(23-19(25)12-17)22-16-8-6-7-15(21)11-16/h6-12,26H,4-5,13H2,1-3H3. The summed E-state index contributed by atoms with van der Waals surface area (Å²) in [7, 11) is 0. The van der Waals surface area contributed by atoms with Gasteiger partial charge in [0.05, 0.1) is 12.3 Å². The van der Waals surface area contributed by atoms with Crippen molar-refractivity contribution in [3.63, 3.8) is 0 Å². The first kappa shape index (κ1) is 18.4. The number of aliphatic hydroxyl groups is 1. The van der Waals surface area contributed by atoms with Gasteiger partial charge in [-0.1, -0.05) is 17.7 Å². The molecule has 0 bridgehead atoms. The van der Waals surface area contributed by atoms with Crippen molar-refractivity contribution in [2.24, 2.45) is 4.99 Å². The largest absolute Gasteiger partial charge is 0.391 e. The Morgan fingerprint density at radius 1 is 1.19 bits per heavy atom. The fraction of sp³-hybridized carbons (Fsp3) is 0.300. The first-order chi connectivity index (χ1) is 12.6. The van der Waals surface area contributed by atoms with Crippen LogP contribution in [0.15, 0.2) is 47.6 Å². The van der Waals surface area contributed by atoms with Crippen LogP contribution in [-0.2, 0) is 6.61 Å². The van der Waals surface area contributed by atoms with Crippen molar-refractivity contribution in [2.75, 3.05) is 18.0 Å². The van der Waals surface area contributed by atoms with Gasteiger partial charge in [0.2, 0.25) is 0 Å². The van der Waals surface area contributed by atoms with Gasteiger partial charge in [-0.2, -0.15) is 0 Å². The minimum absolute atomic E-state index is 0.126. The first-order valence-corrected chi connectivity index (χ1v) is 9.13. The van der Waals surface area contributed by atoms with Crippen LogP contribution in [0, 0.1) is 6.92 Å². The van der Waals surface area contributed by atoms with Gasteiger partial charge >= 0.3 is 0 Å². The average Bonchev–Trinajstić information content (AvgIpc) is 2.63. The summed E-state index contributed by atoms with van der Waals surface area (Å²) in [6.07, 6.45) is 1.99. The molecule has 0 spiro atoms. The number of aromatic nitrogens is 2. The summed E-state index contributed by atoms with van der Waals surface area (Å²) in [5.74, 6) is 0. The summed E-state index contributed by atoms with van der Waals surface area (Å²) in [5, 5.41) is 10.5. The second-order valence-electron chi connectivity index (χ2n) is 6.03. The number of nitrogens with zero attached hydrogens (tertiary/aromatic N) is 4. The van der Waals surface area contributed by atoms with Gasteiger partial charge in [-0.05, 0) is 45.0 Å². The number of aliphatic hydroxyl groups excluding tert-OH is 1. The quantitative estimate of drug-likeness (QED) is 0.741. The highest BCUT2D eigenvalue weighted by atomic mass is 35.5. The molecule has 26 heavy (non-hydrogen) atoms. The van der Waals surface area contributed by atoms with E-state index in [1.54, 1.807) is 12.1 Å². The maximum Gasteiger partial charge on any atom is 0.162 e. The third-order valence-corrected chi connectivity index (χ3v) is 4.77. The highest BCUT2D eigenvalue weighted by Crippen LogP contribution is 2.19. The zero-order chi connectivity index (χ0) is 18.7. The summed E-state index contributed by atoms with van der Waals surface area (Å²) in [6, 6.07) is 11.4. The Balaban J connectivity index is 2.24. The highest BCUT2D eigenvalue weighted by molar-refractivity contribution is 6.30. The lowest BCUT2D eigenvalue weighted by molar-refractivity contribution is 0.278. The Morgan fingerprint density at radius 3 is 2.62 bits per heavy atom. The Kier molecular flexibility index (Phi) is 5.59. The van der Waals surface area contributed by atoms with Gasteiger partial charge in [-0.3, -0.25) is 0 Å². The van der Waals surface area contributed by atoms with E-state index in [0.717, 1.165) is 30.1 Å². The van der Waals surface area contributed by atoms with Crippen LogP contribution in [0.4, 0.5) is 11.4 Å². The van der Waals surface area contributed by atoms with Gasteiger partial charge in [0, 0.05) is 47.3 Å². The molecule has 0 aliphatic heterocycles. The number of rotatable bonds is 5. The molecule has 3 aromatic rings. The molecule has 0 fully saturated rings. The van der Waals surface area contributed by atoms with Gasteiger partial charge in [0.25, 0.3) is 0 Å². The second-order valence-corrected chi connectivity index (χ2v) is 6.47. The van der Waals surface area contributed by atoms with E-state index in [4.69, 9.17) is 16.6 Å². The maximum atomic E-state index is 9.86. The van der Waals surface area contributed by atoms with Crippen molar-refractivity contribution in [3.05, 3.63) is 64.4 Å². The third kappa shape index (κ3) is 3.59. The number of hydrogen-bond donors (Lipinski definition) is 1. The zero-order valence-electron chi connectivity index (χ0n) is 15.3. The molecule has 0 saturated carbocycles. The summed E-state index contributed by atoms with van der Waals surface area (Å²) in [6.45, 7) is 7.97. The van der Waals surface area contributed by atoms with E-state index in [1.807, 2.05) is 29.7 Å². The Morgan fingerprint density at radius 2 is 1.96 bits per heavy atom. The molecule has 2 heterocycles. The van der Waals surface area contributed by atoms with Gasteiger partial charge in [-0.15, -0.1) is 0 Å². The molecule has 1 N–H and O–H groups in total. The minimum Gasteiger partial charge on any atom is -0.391 e. The Hall–Kier alpha value is -2.37. The van der Waals surface area contributed by atoms with Crippen LogP contribution < -0.4 is 10.4 Å². The molecule has 0 amide bonds. The van der Waals surface area contributed by atoms with Gasteiger partial charge in [-0.25, -0.2) is 9.98 Å². The minimum atomic E-state index is -0.126. The molecular weight excluding hydrogens is 348 g/mol. The molecule has 6 heteroatoms. The van der Waals surface area contributed by atoms with E-state index >= 15 is 0 Å². The topological polar surface area (TPSA) is 53.1 Å². The third-order valence-electron chi connectivity index (χ3n) is 4.54. The van der Waals surface area contributed by atoms with Crippen LogP contribution in [0.1, 0.15) is 25.1 Å². The molecule has 3 rings (SSSR count). The molecular formula is C20H23ClN4O. The normalized spacial score (nSPS) is 12.0. The summed E-state index contributed by atoms with van der Waals surface area (Å²) in [4.78, 5) is 11.6. The predicted octanol–water partition coefficient (Wildman–Crippen LogP) is 3.87. The fourth-order valence-corrected chi connectivity index (χ4v) is 3.25. The summed E-state index contributed by atoms with van der Waals surface area (Å²) in [5.41, 5.74) is 4.77. The van der Waals surface area contributed by atoms with E-state index in [-0.39, 0.29) is 6.61 Å². The van der Waals surface area contributed by atoms with E-state index in [1.165, 1.54) is 0 Å². The van der Waals surface area contributed by atoms with Crippen LogP contribution in [-0.4, -0.2) is 27.6 Å². The van der Waals surface area contributed by atoms with E-state index < -0.39 is 0 Å². The maximum absolute atomic E-state index is 9.86. The van der Waals surface area contributed by atoms with Crippen molar-refractivity contribution in [1.29, 1.82) is 0 Å². The fourth-order valence-electron chi connectivity index (χ4n) is 3.06. The molecule has 0 saturated heterocycles. The number of fused-ring (bicyclic) bond motifs is 1. The van der Waals surface area contributed by atoms with Gasteiger partial charge in [0.15, 0.2) is 5.49 Å².